The summed E-state index contributed by atoms with van der Waals surface area (Å²) in [5.74, 6) is -0.0973. The number of benzene rings is 1. The van der Waals surface area contributed by atoms with E-state index < -0.39 is 0 Å². The molecule has 1 nitrogen and oxygen atoms in total. The van der Waals surface area contributed by atoms with E-state index >= 15 is 0 Å². The van der Waals surface area contributed by atoms with E-state index in [9.17, 15) is 4.39 Å². The third kappa shape index (κ3) is 3.96. The Bertz CT molecular complexity index is 413. The maximum Gasteiger partial charge on any atom is 0.127 e. The fourth-order valence-corrected chi connectivity index (χ4v) is 3.86. The minimum atomic E-state index is -0.0973. The lowest BCUT2D eigenvalue weighted by Crippen LogP contribution is -2.39. The van der Waals surface area contributed by atoms with Gasteiger partial charge in [0, 0.05) is 23.4 Å². The molecular formula is C16H24FNS. The first kappa shape index (κ1) is 14.9. The smallest absolute Gasteiger partial charge is 0.127 e. The lowest BCUT2D eigenvalue weighted by Gasteiger charge is -2.36. The fraction of sp³-hybridized carbons (Fsp3) is 0.625. The van der Waals surface area contributed by atoms with Crippen LogP contribution >= 0.6 is 11.8 Å². The van der Waals surface area contributed by atoms with Gasteiger partial charge in [0.1, 0.15) is 5.82 Å². The van der Waals surface area contributed by atoms with Crippen molar-refractivity contribution >= 4 is 11.8 Å². The summed E-state index contributed by atoms with van der Waals surface area (Å²) < 4.78 is 14.0. The van der Waals surface area contributed by atoms with Crippen molar-refractivity contribution in [2.24, 2.45) is 0 Å². The van der Waals surface area contributed by atoms with E-state index in [1.54, 1.807) is 6.07 Å². The van der Waals surface area contributed by atoms with Crippen molar-refractivity contribution in [3.63, 3.8) is 0 Å². The van der Waals surface area contributed by atoms with Gasteiger partial charge in [0.05, 0.1) is 0 Å². The molecule has 0 aromatic heterocycles. The van der Waals surface area contributed by atoms with Crippen molar-refractivity contribution in [1.82, 2.24) is 5.32 Å². The number of aryl methyl sites for hydroxylation is 1. The number of nitrogens with one attached hydrogen (secondary N) is 1. The number of hydrogen-bond acceptors (Lipinski definition) is 2. The highest BCUT2D eigenvalue weighted by atomic mass is 32.2. The van der Waals surface area contributed by atoms with Crippen molar-refractivity contribution in [3.05, 3.63) is 35.1 Å². The molecule has 0 heterocycles. The Kier molecular flexibility index (Phi) is 5.28. The van der Waals surface area contributed by atoms with Crippen LogP contribution in [-0.2, 0) is 6.54 Å². The number of rotatable bonds is 5. The van der Waals surface area contributed by atoms with Crippen LogP contribution in [0.15, 0.2) is 18.2 Å². The third-order valence-electron chi connectivity index (χ3n) is 4.16. The van der Waals surface area contributed by atoms with Crippen LogP contribution in [-0.4, -0.2) is 17.5 Å². The highest BCUT2D eigenvalue weighted by Crippen LogP contribution is 2.37. The molecule has 1 N–H and O–H groups in total. The largest absolute Gasteiger partial charge is 0.311 e. The zero-order valence-electron chi connectivity index (χ0n) is 12.0. The van der Waals surface area contributed by atoms with Crippen LogP contribution in [0.4, 0.5) is 4.39 Å². The maximum atomic E-state index is 13.7. The van der Waals surface area contributed by atoms with Gasteiger partial charge in [0.15, 0.2) is 0 Å². The molecule has 1 aliphatic carbocycles. The summed E-state index contributed by atoms with van der Waals surface area (Å²) in [4.78, 5) is 0. The van der Waals surface area contributed by atoms with Crippen molar-refractivity contribution in [1.29, 1.82) is 0 Å². The van der Waals surface area contributed by atoms with Gasteiger partial charge in [-0.2, -0.15) is 11.8 Å². The van der Waals surface area contributed by atoms with E-state index in [1.807, 2.05) is 30.8 Å². The average molecular weight is 281 g/mol. The van der Waals surface area contributed by atoms with Gasteiger partial charge in [0.2, 0.25) is 0 Å². The fourth-order valence-electron chi connectivity index (χ4n) is 2.91. The van der Waals surface area contributed by atoms with E-state index in [0.29, 0.717) is 11.3 Å². The molecule has 1 aromatic rings. The molecule has 2 rings (SSSR count). The Hall–Kier alpha value is -0.540. The van der Waals surface area contributed by atoms with Gasteiger partial charge in [-0.1, -0.05) is 37.0 Å². The lowest BCUT2D eigenvalue weighted by molar-refractivity contribution is 0.378. The Morgan fingerprint density at radius 2 is 2.00 bits per heavy atom. The highest BCUT2D eigenvalue weighted by Gasteiger charge is 2.30. The molecule has 1 aliphatic rings. The summed E-state index contributed by atoms with van der Waals surface area (Å²) in [5, 5.41) is 3.47. The number of thioether (sulfide) groups is 1. The van der Waals surface area contributed by atoms with E-state index in [2.05, 4.69) is 11.6 Å². The summed E-state index contributed by atoms with van der Waals surface area (Å²) in [6, 6.07) is 5.33. The van der Waals surface area contributed by atoms with Crippen molar-refractivity contribution in [2.45, 2.75) is 50.3 Å². The molecule has 0 atom stereocenters. The second-order valence-corrected chi connectivity index (χ2v) is 6.92. The molecule has 0 amide bonds. The van der Waals surface area contributed by atoms with Crippen LogP contribution in [0.5, 0.6) is 0 Å². The summed E-state index contributed by atoms with van der Waals surface area (Å²) in [5.41, 5.74) is 1.91. The molecule has 1 fully saturated rings. The zero-order chi connectivity index (χ0) is 13.7. The van der Waals surface area contributed by atoms with Crippen LogP contribution in [0, 0.1) is 12.7 Å². The topological polar surface area (TPSA) is 12.0 Å². The minimum absolute atomic E-state index is 0.0973. The van der Waals surface area contributed by atoms with Crippen molar-refractivity contribution in [2.75, 3.05) is 12.8 Å². The van der Waals surface area contributed by atoms with E-state index in [1.165, 1.54) is 32.1 Å². The first-order valence-electron chi connectivity index (χ1n) is 7.16. The maximum absolute atomic E-state index is 13.7. The van der Waals surface area contributed by atoms with Crippen LogP contribution < -0.4 is 5.32 Å². The van der Waals surface area contributed by atoms with Crippen LogP contribution in [0.25, 0.3) is 0 Å². The second-order valence-electron chi connectivity index (χ2n) is 5.65. The molecule has 0 bridgehead atoms. The van der Waals surface area contributed by atoms with Crippen LogP contribution in [0.1, 0.15) is 43.2 Å². The average Bonchev–Trinajstić information content (AvgIpc) is 2.44. The monoisotopic (exact) mass is 281 g/mol. The molecule has 106 valence electrons. The van der Waals surface area contributed by atoms with Gasteiger partial charge in [-0.15, -0.1) is 0 Å². The Morgan fingerprint density at radius 1 is 1.26 bits per heavy atom. The summed E-state index contributed by atoms with van der Waals surface area (Å²) in [6.45, 7) is 3.63. The SMILES string of the molecule is CSC1(CNCc2cc(C)ccc2F)CCCCC1. The van der Waals surface area contributed by atoms with Gasteiger partial charge < -0.3 is 5.32 Å². The predicted octanol–water partition coefficient (Wildman–Crippen LogP) is 4.29. The Morgan fingerprint density at radius 3 is 2.68 bits per heavy atom. The van der Waals surface area contributed by atoms with Crippen LogP contribution in [0.2, 0.25) is 0 Å². The summed E-state index contributed by atoms with van der Waals surface area (Å²) >= 11 is 1.98. The van der Waals surface area contributed by atoms with Crippen molar-refractivity contribution in [3.8, 4) is 0 Å². The van der Waals surface area contributed by atoms with E-state index in [4.69, 9.17) is 0 Å². The molecule has 0 saturated heterocycles. The Labute approximate surface area is 120 Å². The number of halogens is 1. The Balaban J connectivity index is 1.90. The molecule has 0 spiro atoms. The number of hydrogen-bond donors (Lipinski definition) is 1. The molecule has 3 heteroatoms. The lowest BCUT2D eigenvalue weighted by atomic mass is 9.88. The molecule has 1 saturated carbocycles. The molecular weight excluding hydrogens is 257 g/mol. The standard InChI is InChI=1S/C16H24FNS/c1-13-6-7-15(17)14(10-13)11-18-12-16(19-2)8-4-3-5-9-16/h6-7,10,18H,3-5,8-9,11-12H2,1-2H3. The first-order valence-corrected chi connectivity index (χ1v) is 8.39. The molecule has 0 radical (unpaired) electrons. The predicted molar refractivity (Wildman–Crippen MR) is 82.2 cm³/mol. The quantitative estimate of drug-likeness (QED) is 0.864. The highest BCUT2D eigenvalue weighted by molar-refractivity contribution is 8.00. The van der Waals surface area contributed by atoms with Gasteiger partial charge >= 0.3 is 0 Å². The van der Waals surface area contributed by atoms with Gasteiger partial charge in [0.25, 0.3) is 0 Å². The van der Waals surface area contributed by atoms with E-state index in [-0.39, 0.29) is 5.82 Å². The van der Waals surface area contributed by atoms with Gasteiger partial charge in [-0.3, -0.25) is 0 Å². The normalized spacial score (nSPS) is 18.5. The first-order chi connectivity index (χ1) is 9.15. The van der Waals surface area contributed by atoms with Crippen molar-refractivity contribution < 1.29 is 4.39 Å². The van der Waals surface area contributed by atoms with Gasteiger partial charge in [-0.25, -0.2) is 4.39 Å². The minimum Gasteiger partial charge on any atom is -0.311 e. The van der Waals surface area contributed by atoms with E-state index in [0.717, 1.165) is 17.7 Å². The third-order valence-corrected chi connectivity index (χ3v) is 5.58. The zero-order valence-corrected chi connectivity index (χ0v) is 12.8. The molecule has 1 aromatic carbocycles. The van der Waals surface area contributed by atoms with Gasteiger partial charge in [-0.05, 0) is 32.1 Å². The summed E-state index contributed by atoms with van der Waals surface area (Å²) in [6.07, 6.45) is 8.83. The summed E-state index contributed by atoms with van der Waals surface area (Å²) in [7, 11) is 0. The molecule has 0 aliphatic heterocycles. The molecule has 19 heavy (non-hydrogen) atoms. The second kappa shape index (κ2) is 6.76. The van der Waals surface area contributed by atoms with Crippen LogP contribution in [0.3, 0.4) is 0 Å². The molecule has 0 unspecified atom stereocenters.